The van der Waals surface area contributed by atoms with E-state index in [2.05, 4.69) is 31.0 Å². The lowest BCUT2D eigenvalue weighted by molar-refractivity contribution is 0.569. The Morgan fingerprint density at radius 2 is 1.93 bits per heavy atom. The molecule has 2 saturated carbocycles. The Morgan fingerprint density at radius 3 is 2.68 bits per heavy atom. The average molecular weight is 375 g/mol. The van der Waals surface area contributed by atoms with Gasteiger partial charge in [-0.3, -0.25) is 0 Å². The number of nitrogens with zero attached hydrogens (tertiary/aromatic N) is 6. The van der Waals surface area contributed by atoms with E-state index in [1.807, 2.05) is 6.20 Å². The molecule has 28 heavy (non-hydrogen) atoms. The molecule has 0 atom stereocenters. The lowest BCUT2D eigenvalue weighted by atomic mass is 10.1. The highest BCUT2D eigenvalue weighted by Crippen LogP contribution is 2.53. The maximum absolute atomic E-state index is 14.1. The van der Waals surface area contributed by atoms with Gasteiger partial charge >= 0.3 is 0 Å². The fourth-order valence-corrected chi connectivity index (χ4v) is 4.12. The molecule has 4 aromatic rings. The lowest BCUT2D eigenvalue weighted by Gasteiger charge is -2.15. The van der Waals surface area contributed by atoms with Crippen molar-refractivity contribution in [2.45, 2.75) is 37.1 Å². The zero-order valence-electron chi connectivity index (χ0n) is 15.1. The molecule has 6 rings (SSSR count). The molecule has 8 heteroatoms. The largest absolute Gasteiger partial charge is 0.383 e. The molecule has 0 radical (unpaired) electrons. The van der Waals surface area contributed by atoms with Crippen LogP contribution in [0.25, 0.3) is 16.7 Å². The Morgan fingerprint density at radius 1 is 1.11 bits per heavy atom. The van der Waals surface area contributed by atoms with Crippen LogP contribution in [0.3, 0.4) is 0 Å². The van der Waals surface area contributed by atoms with Gasteiger partial charge in [-0.05, 0) is 49.3 Å². The zero-order chi connectivity index (χ0) is 18.9. The summed E-state index contributed by atoms with van der Waals surface area (Å²) in [6.45, 7) is 0. The molecule has 3 aromatic heterocycles. The number of benzene rings is 1. The number of rotatable bonds is 4. The third kappa shape index (κ3) is 2.14. The van der Waals surface area contributed by atoms with Gasteiger partial charge in [0.2, 0.25) is 0 Å². The summed E-state index contributed by atoms with van der Waals surface area (Å²) in [6, 6.07) is 6.56. The maximum atomic E-state index is 14.1. The minimum Gasteiger partial charge on any atom is -0.383 e. The second-order valence-corrected chi connectivity index (χ2v) is 7.72. The smallest absolute Gasteiger partial charge is 0.148 e. The van der Waals surface area contributed by atoms with Crippen molar-refractivity contribution in [3.63, 3.8) is 0 Å². The lowest BCUT2D eigenvalue weighted by Crippen LogP contribution is -2.19. The van der Waals surface area contributed by atoms with Crippen LogP contribution in [0, 0.1) is 5.82 Å². The summed E-state index contributed by atoms with van der Waals surface area (Å²) in [6.07, 6.45) is 9.70. The van der Waals surface area contributed by atoms with Gasteiger partial charge < -0.3 is 10.3 Å². The maximum Gasteiger partial charge on any atom is 0.148 e. The Balaban J connectivity index is 1.49. The Labute approximate surface area is 160 Å². The minimum absolute atomic E-state index is 0.310. The second-order valence-electron chi connectivity index (χ2n) is 7.72. The molecule has 140 valence electrons. The molecule has 0 amide bonds. The summed E-state index contributed by atoms with van der Waals surface area (Å²) in [7, 11) is 0. The molecule has 0 aliphatic heterocycles. The Kier molecular flexibility index (Phi) is 3.02. The van der Waals surface area contributed by atoms with Crippen molar-refractivity contribution in [3.8, 4) is 5.69 Å². The molecule has 1 aromatic carbocycles. The third-order valence-corrected chi connectivity index (χ3v) is 5.91. The molecule has 7 nitrogen and oxygen atoms in total. The van der Waals surface area contributed by atoms with Crippen LogP contribution in [0.5, 0.6) is 0 Å². The van der Waals surface area contributed by atoms with Gasteiger partial charge in [-0.15, -0.1) is 5.10 Å². The quantitative estimate of drug-likeness (QED) is 0.592. The van der Waals surface area contributed by atoms with E-state index < -0.39 is 0 Å². The highest BCUT2D eigenvalue weighted by atomic mass is 19.1. The van der Waals surface area contributed by atoms with Gasteiger partial charge in [-0.2, -0.15) is 0 Å². The Hall–Kier alpha value is -3.29. The highest BCUT2D eigenvalue weighted by Gasteiger charge is 2.50. The number of nitrogen functional groups attached to an aromatic ring is 1. The van der Waals surface area contributed by atoms with Crippen molar-refractivity contribution in [2.24, 2.45) is 0 Å². The normalized spacial score (nSPS) is 17.9. The van der Waals surface area contributed by atoms with Crippen LogP contribution in [-0.2, 0) is 5.54 Å². The number of nitrogens with two attached hydrogens (primary N) is 1. The van der Waals surface area contributed by atoms with Crippen LogP contribution >= 0.6 is 0 Å². The average Bonchev–Trinajstić information content (AvgIpc) is 3.62. The summed E-state index contributed by atoms with van der Waals surface area (Å²) in [5.41, 5.74) is 9.15. The third-order valence-electron chi connectivity index (χ3n) is 5.91. The predicted octanol–water partition coefficient (Wildman–Crippen LogP) is 3.15. The SMILES string of the molecule is Nc1ncnc2c1c(C1CC1)cn2C1(c2cn(-c3ccccc3F)nn2)CC1. The van der Waals surface area contributed by atoms with E-state index in [1.54, 1.807) is 18.2 Å². The molecular formula is C20H18FN7. The monoisotopic (exact) mass is 375 g/mol. The first kappa shape index (κ1) is 15.7. The van der Waals surface area contributed by atoms with E-state index in [4.69, 9.17) is 5.73 Å². The number of anilines is 1. The van der Waals surface area contributed by atoms with E-state index in [0.717, 1.165) is 29.6 Å². The zero-order valence-corrected chi connectivity index (χ0v) is 15.1. The summed E-state index contributed by atoms with van der Waals surface area (Å²) >= 11 is 0. The number of aromatic nitrogens is 6. The first-order chi connectivity index (χ1) is 13.7. The van der Waals surface area contributed by atoms with Crippen molar-refractivity contribution in [1.29, 1.82) is 0 Å². The highest BCUT2D eigenvalue weighted by molar-refractivity contribution is 5.91. The fraction of sp³-hybridized carbons (Fsp3) is 0.300. The Bertz CT molecular complexity index is 1220. The first-order valence-corrected chi connectivity index (χ1v) is 9.47. The summed E-state index contributed by atoms with van der Waals surface area (Å²) in [4.78, 5) is 8.74. The molecule has 0 spiro atoms. The van der Waals surface area contributed by atoms with Crippen LogP contribution in [0.15, 0.2) is 43.0 Å². The number of fused-ring (bicyclic) bond motifs is 1. The van der Waals surface area contributed by atoms with E-state index in [1.165, 1.54) is 35.5 Å². The van der Waals surface area contributed by atoms with Crippen molar-refractivity contribution >= 4 is 16.9 Å². The summed E-state index contributed by atoms with van der Waals surface area (Å²) < 4.78 is 17.8. The van der Waals surface area contributed by atoms with Gasteiger partial charge in [0.25, 0.3) is 0 Å². The molecule has 0 saturated heterocycles. The van der Waals surface area contributed by atoms with Crippen LogP contribution in [-0.4, -0.2) is 29.5 Å². The van der Waals surface area contributed by atoms with Crippen LogP contribution in [0.1, 0.15) is 42.9 Å². The predicted molar refractivity (Wildman–Crippen MR) is 102 cm³/mol. The van der Waals surface area contributed by atoms with Crippen LogP contribution < -0.4 is 5.73 Å². The molecule has 3 heterocycles. The van der Waals surface area contributed by atoms with Gasteiger partial charge in [0, 0.05) is 6.20 Å². The van der Waals surface area contributed by atoms with Gasteiger partial charge in [0.05, 0.1) is 17.1 Å². The van der Waals surface area contributed by atoms with Gasteiger partial charge in [-0.1, -0.05) is 17.3 Å². The second kappa shape index (κ2) is 5.37. The number of halogens is 1. The molecule has 2 fully saturated rings. The minimum atomic E-state index is -0.327. The molecule has 0 unspecified atom stereocenters. The first-order valence-electron chi connectivity index (χ1n) is 9.47. The van der Waals surface area contributed by atoms with E-state index >= 15 is 0 Å². The molecule has 0 bridgehead atoms. The van der Waals surface area contributed by atoms with E-state index in [-0.39, 0.29) is 11.4 Å². The van der Waals surface area contributed by atoms with Gasteiger partial charge in [0.1, 0.15) is 35.0 Å². The van der Waals surface area contributed by atoms with Crippen LogP contribution in [0.4, 0.5) is 10.2 Å². The molecule has 2 aliphatic carbocycles. The molecular weight excluding hydrogens is 357 g/mol. The van der Waals surface area contributed by atoms with Crippen molar-refractivity contribution in [1.82, 2.24) is 29.5 Å². The van der Waals surface area contributed by atoms with Crippen molar-refractivity contribution in [3.05, 3.63) is 60.1 Å². The van der Waals surface area contributed by atoms with Crippen LogP contribution in [0.2, 0.25) is 0 Å². The number of hydrogen-bond acceptors (Lipinski definition) is 5. The summed E-state index contributed by atoms with van der Waals surface area (Å²) in [5.74, 6) is 0.727. The van der Waals surface area contributed by atoms with E-state index in [0.29, 0.717) is 17.4 Å². The number of hydrogen-bond donors (Lipinski definition) is 1. The standard InChI is InChI=1S/C20H18FN7/c21-14-3-1-2-4-15(14)28-10-16(25-26-28)20(7-8-20)27-9-13(12-5-6-12)17-18(22)23-11-24-19(17)27/h1-4,9-12H,5-8H2,(H2,22,23,24). The van der Waals surface area contributed by atoms with Gasteiger partial charge in [0.15, 0.2) is 0 Å². The number of para-hydroxylation sites is 1. The van der Waals surface area contributed by atoms with Crippen molar-refractivity contribution in [2.75, 3.05) is 5.73 Å². The van der Waals surface area contributed by atoms with Crippen molar-refractivity contribution < 1.29 is 4.39 Å². The topological polar surface area (TPSA) is 87.4 Å². The van der Waals surface area contributed by atoms with Gasteiger partial charge in [-0.25, -0.2) is 19.0 Å². The molecule has 2 N–H and O–H groups in total. The van der Waals surface area contributed by atoms with E-state index in [9.17, 15) is 4.39 Å². The fourth-order valence-electron chi connectivity index (χ4n) is 4.12. The summed E-state index contributed by atoms with van der Waals surface area (Å²) in [5, 5.41) is 9.54. The molecule has 2 aliphatic rings.